The van der Waals surface area contributed by atoms with Crippen LogP contribution in [0.5, 0.6) is 0 Å². The minimum atomic E-state index is -0.436. The molecule has 0 radical (unpaired) electrons. The molecule has 0 aliphatic carbocycles. The van der Waals surface area contributed by atoms with Crippen molar-refractivity contribution in [3.05, 3.63) is 35.6 Å². The van der Waals surface area contributed by atoms with E-state index in [4.69, 9.17) is 0 Å². The van der Waals surface area contributed by atoms with E-state index in [9.17, 15) is 14.0 Å². The van der Waals surface area contributed by atoms with Gasteiger partial charge in [-0.2, -0.15) is 0 Å². The van der Waals surface area contributed by atoms with E-state index < -0.39 is 5.41 Å². The third kappa shape index (κ3) is 3.80. The summed E-state index contributed by atoms with van der Waals surface area (Å²) in [4.78, 5) is 25.9. The predicted molar refractivity (Wildman–Crippen MR) is 78.3 cm³/mol. The van der Waals surface area contributed by atoms with Crippen molar-refractivity contribution in [2.24, 2.45) is 5.41 Å². The average Bonchev–Trinajstić information content (AvgIpc) is 2.86. The first kappa shape index (κ1) is 15.5. The van der Waals surface area contributed by atoms with Gasteiger partial charge in [-0.25, -0.2) is 4.39 Å². The van der Waals surface area contributed by atoms with Gasteiger partial charge in [0, 0.05) is 30.1 Å². The summed E-state index contributed by atoms with van der Waals surface area (Å²) in [6.45, 7) is 6.68. The highest BCUT2D eigenvalue weighted by atomic mass is 19.1. The highest BCUT2D eigenvalue weighted by Gasteiger charge is 2.30. The second-order valence-electron chi connectivity index (χ2n) is 6.47. The van der Waals surface area contributed by atoms with E-state index in [1.807, 2.05) is 20.8 Å². The van der Waals surface area contributed by atoms with Gasteiger partial charge < -0.3 is 10.2 Å². The largest absolute Gasteiger partial charge is 0.351 e. The van der Waals surface area contributed by atoms with Gasteiger partial charge in [0.1, 0.15) is 5.82 Å². The lowest BCUT2D eigenvalue weighted by atomic mass is 9.95. The Morgan fingerprint density at radius 2 is 1.86 bits per heavy atom. The van der Waals surface area contributed by atoms with Crippen molar-refractivity contribution < 1.29 is 14.0 Å². The van der Waals surface area contributed by atoms with Crippen LogP contribution in [0.1, 0.15) is 37.6 Å². The van der Waals surface area contributed by atoms with Crippen LogP contribution >= 0.6 is 0 Å². The van der Waals surface area contributed by atoms with Crippen LogP contribution in [0.15, 0.2) is 24.3 Å². The summed E-state index contributed by atoms with van der Waals surface area (Å²) in [5, 5.41) is 2.97. The molecule has 114 valence electrons. The zero-order valence-electron chi connectivity index (χ0n) is 12.6. The maximum Gasteiger partial charge on any atom is 0.253 e. The third-order valence-electron chi connectivity index (χ3n) is 3.58. The highest BCUT2D eigenvalue weighted by Crippen LogP contribution is 2.17. The quantitative estimate of drug-likeness (QED) is 0.908. The lowest BCUT2D eigenvalue weighted by Crippen LogP contribution is -2.43. The molecular weight excluding hydrogens is 271 g/mol. The van der Waals surface area contributed by atoms with Crippen molar-refractivity contribution >= 4 is 11.8 Å². The molecule has 21 heavy (non-hydrogen) atoms. The number of carbonyl (C=O) groups excluding carboxylic acids is 2. The van der Waals surface area contributed by atoms with Gasteiger partial charge in [-0.1, -0.05) is 20.8 Å². The van der Waals surface area contributed by atoms with Crippen molar-refractivity contribution in [1.29, 1.82) is 0 Å². The molecule has 1 aliphatic heterocycles. The smallest absolute Gasteiger partial charge is 0.253 e. The SMILES string of the molecule is CC(C)(C)C(=O)N[C@@H]1CCN(C(=O)c2ccc(F)cc2)C1. The zero-order valence-corrected chi connectivity index (χ0v) is 12.6. The maximum absolute atomic E-state index is 12.9. The minimum absolute atomic E-state index is 0.0106. The number of benzene rings is 1. The predicted octanol–water partition coefficient (Wildman–Crippen LogP) is 2.20. The molecule has 1 fully saturated rings. The van der Waals surface area contributed by atoms with Crippen molar-refractivity contribution in [2.45, 2.75) is 33.2 Å². The molecule has 1 N–H and O–H groups in total. The van der Waals surface area contributed by atoms with Gasteiger partial charge in [-0.3, -0.25) is 9.59 Å². The Kier molecular flexibility index (Phi) is 4.30. The number of carbonyl (C=O) groups is 2. The molecule has 0 saturated carbocycles. The van der Waals surface area contributed by atoms with Crippen molar-refractivity contribution in [1.82, 2.24) is 10.2 Å². The summed E-state index contributed by atoms with van der Waals surface area (Å²) in [7, 11) is 0. The number of nitrogens with one attached hydrogen (secondary N) is 1. The van der Waals surface area contributed by atoms with Crippen molar-refractivity contribution in [3.8, 4) is 0 Å². The fourth-order valence-corrected chi connectivity index (χ4v) is 2.24. The standard InChI is InChI=1S/C16H21FN2O2/c1-16(2,3)15(21)18-13-8-9-19(10-13)14(20)11-4-6-12(17)7-5-11/h4-7,13H,8-10H2,1-3H3,(H,18,21)/t13-/m1/s1. The van der Waals surface area contributed by atoms with Crippen LogP contribution in [-0.4, -0.2) is 35.8 Å². The van der Waals surface area contributed by atoms with Gasteiger partial charge in [-0.15, -0.1) is 0 Å². The topological polar surface area (TPSA) is 49.4 Å². The minimum Gasteiger partial charge on any atom is -0.351 e. The number of rotatable bonds is 2. The molecule has 2 amide bonds. The molecule has 5 heteroatoms. The van der Waals surface area contributed by atoms with E-state index in [1.54, 1.807) is 4.90 Å². The monoisotopic (exact) mass is 292 g/mol. The molecule has 0 aromatic heterocycles. The molecule has 1 aromatic rings. The average molecular weight is 292 g/mol. The van der Waals surface area contributed by atoms with E-state index >= 15 is 0 Å². The highest BCUT2D eigenvalue weighted by molar-refractivity contribution is 5.94. The van der Waals surface area contributed by atoms with Gasteiger partial charge >= 0.3 is 0 Å². The number of amides is 2. The first-order valence-electron chi connectivity index (χ1n) is 7.13. The molecule has 0 unspecified atom stereocenters. The van der Waals surface area contributed by atoms with E-state index in [2.05, 4.69) is 5.32 Å². The Labute approximate surface area is 124 Å². The van der Waals surface area contributed by atoms with Gasteiger partial charge in [0.15, 0.2) is 0 Å². The van der Waals surface area contributed by atoms with E-state index in [1.165, 1.54) is 24.3 Å². The lowest BCUT2D eigenvalue weighted by Gasteiger charge is -2.22. The first-order valence-corrected chi connectivity index (χ1v) is 7.13. The van der Waals surface area contributed by atoms with Gasteiger partial charge in [0.05, 0.1) is 0 Å². The fourth-order valence-electron chi connectivity index (χ4n) is 2.24. The van der Waals surface area contributed by atoms with Crippen LogP contribution < -0.4 is 5.32 Å². The van der Waals surface area contributed by atoms with E-state index in [-0.39, 0.29) is 23.7 Å². The molecule has 1 aromatic carbocycles. The number of nitrogens with zero attached hydrogens (tertiary/aromatic N) is 1. The summed E-state index contributed by atoms with van der Waals surface area (Å²) in [6.07, 6.45) is 0.745. The van der Waals surface area contributed by atoms with Crippen molar-refractivity contribution in [2.75, 3.05) is 13.1 Å². The Morgan fingerprint density at radius 1 is 1.24 bits per heavy atom. The van der Waals surface area contributed by atoms with Gasteiger partial charge in [-0.05, 0) is 30.7 Å². The number of hydrogen-bond acceptors (Lipinski definition) is 2. The Hall–Kier alpha value is -1.91. The van der Waals surface area contributed by atoms with Gasteiger partial charge in [0.25, 0.3) is 5.91 Å². The van der Waals surface area contributed by atoms with Gasteiger partial charge in [0.2, 0.25) is 5.91 Å². The molecule has 1 saturated heterocycles. The normalized spacial score (nSPS) is 18.7. The summed E-state index contributed by atoms with van der Waals surface area (Å²) < 4.78 is 12.9. The van der Waals surface area contributed by atoms with Crippen LogP contribution in [0.3, 0.4) is 0 Å². The molecule has 0 bridgehead atoms. The Bertz CT molecular complexity index is 534. The maximum atomic E-state index is 12.9. The molecule has 4 nitrogen and oxygen atoms in total. The second-order valence-corrected chi connectivity index (χ2v) is 6.47. The van der Waals surface area contributed by atoms with E-state index in [0.717, 1.165) is 6.42 Å². The summed E-state index contributed by atoms with van der Waals surface area (Å²) in [6, 6.07) is 5.52. The molecule has 1 aliphatic rings. The molecule has 1 heterocycles. The van der Waals surface area contributed by atoms with Crippen LogP contribution in [-0.2, 0) is 4.79 Å². The first-order chi connectivity index (χ1) is 9.77. The molecular formula is C16H21FN2O2. The summed E-state index contributed by atoms with van der Waals surface area (Å²) in [5.41, 5.74) is 0.0354. The lowest BCUT2D eigenvalue weighted by molar-refractivity contribution is -0.129. The zero-order chi connectivity index (χ0) is 15.6. The second kappa shape index (κ2) is 5.84. The van der Waals surface area contributed by atoms with Crippen LogP contribution in [0, 0.1) is 11.2 Å². The number of halogens is 1. The van der Waals surface area contributed by atoms with Crippen LogP contribution in [0.2, 0.25) is 0 Å². The van der Waals surface area contributed by atoms with Crippen LogP contribution in [0.4, 0.5) is 4.39 Å². The molecule has 1 atom stereocenters. The third-order valence-corrected chi connectivity index (χ3v) is 3.58. The Morgan fingerprint density at radius 3 is 2.43 bits per heavy atom. The van der Waals surface area contributed by atoms with E-state index in [0.29, 0.717) is 18.7 Å². The van der Waals surface area contributed by atoms with Crippen molar-refractivity contribution in [3.63, 3.8) is 0 Å². The Balaban J connectivity index is 1.94. The summed E-state index contributed by atoms with van der Waals surface area (Å²) >= 11 is 0. The molecule has 2 rings (SSSR count). The number of hydrogen-bond donors (Lipinski definition) is 1. The fraction of sp³-hybridized carbons (Fsp3) is 0.500. The number of likely N-dealkylation sites (tertiary alicyclic amines) is 1. The summed E-state index contributed by atoms with van der Waals surface area (Å²) in [5.74, 6) is -0.491. The molecule has 0 spiro atoms. The van der Waals surface area contributed by atoms with Crippen LogP contribution in [0.25, 0.3) is 0 Å².